The first-order valence-corrected chi connectivity index (χ1v) is 7.27. The van der Waals surface area contributed by atoms with Gasteiger partial charge in [-0.1, -0.05) is 11.6 Å². The van der Waals surface area contributed by atoms with Gasteiger partial charge in [-0.2, -0.15) is 0 Å². The Balaban J connectivity index is 2.79. The molecule has 0 saturated heterocycles. The number of anilines is 1. The summed E-state index contributed by atoms with van der Waals surface area (Å²) >= 11 is 5.77. The first-order chi connectivity index (χ1) is 10.5. The van der Waals surface area contributed by atoms with Crippen LogP contribution in [0.5, 0.6) is 0 Å². The Bertz CT molecular complexity index is 542. The van der Waals surface area contributed by atoms with Crippen molar-refractivity contribution in [1.82, 2.24) is 4.98 Å². The van der Waals surface area contributed by atoms with Crippen LogP contribution in [0.1, 0.15) is 19.5 Å². The second kappa shape index (κ2) is 9.04. The second-order valence-electron chi connectivity index (χ2n) is 4.25. The zero-order chi connectivity index (χ0) is 16.5. The van der Waals surface area contributed by atoms with E-state index < -0.39 is 17.9 Å². The highest BCUT2D eigenvalue weighted by Crippen LogP contribution is 2.16. The van der Waals surface area contributed by atoms with Gasteiger partial charge in [0.1, 0.15) is 5.15 Å². The number of aryl methyl sites for hydroxylation is 1. The minimum absolute atomic E-state index is 0.191. The van der Waals surface area contributed by atoms with Crippen LogP contribution in [-0.2, 0) is 19.1 Å². The minimum atomic E-state index is -1.10. The van der Waals surface area contributed by atoms with Crippen LogP contribution in [0.2, 0.25) is 5.15 Å². The zero-order valence-electron chi connectivity index (χ0n) is 12.8. The molecule has 120 valence electrons. The number of ether oxygens (including phenoxy) is 2. The summed E-state index contributed by atoms with van der Waals surface area (Å²) in [6.07, 6.45) is 2.88. The third-order valence-electron chi connectivity index (χ3n) is 2.66. The molecule has 0 aliphatic carbocycles. The fourth-order valence-electron chi connectivity index (χ4n) is 1.63. The fourth-order valence-corrected chi connectivity index (χ4v) is 1.82. The Morgan fingerprint density at radius 1 is 1.27 bits per heavy atom. The summed E-state index contributed by atoms with van der Waals surface area (Å²) in [5, 5.41) is 3.34. The second-order valence-corrected chi connectivity index (χ2v) is 4.64. The first-order valence-electron chi connectivity index (χ1n) is 6.89. The van der Waals surface area contributed by atoms with Gasteiger partial charge >= 0.3 is 11.9 Å². The zero-order valence-corrected chi connectivity index (χ0v) is 13.5. The lowest BCUT2D eigenvalue weighted by molar-refractivity contribution is -0.158. The number of rotatable bonds is 7. The molecule has 0 aliphatic heterocycles. The fraction of sp³-hybridized carbons (Fsp3) is 0.400. The molecule has 0 aromatic carbocycles. The van der Waals surface area contributed by atoms with Gasteiger partial charge in [0, 0.05) is 0 Å². The normalized spacial score (nSPS) is 10.8. The summed E-state index contributed by atoms with van der Waals surface area (Å²) in [7, 11) is 0. The van der Waals surface area contributed by atoms with Crippen molar-refractivity contribution in [3.8, 4) is 0 Å². The Labute approximate surface area is 134 Å². The van der Waals surface area contributed by atoms with Crippen LogP contribution in [0.15, 0.2) is 24.4 Å². The summed E-state index contributed by atoms with van der Waals surface area (Å²) in [5.74, 6) is -2.40. The largest absolute Gasteiger partial charge is 0.465 e. The van der Waals surface area contributed by atoms with Crippen molar-refractivity contribution >= 4 is 29.2 Å². The van der Waals surface area contributed by atoms with Crippen LogP contribution in [-0.4, -0.2) is 30.1 Å². The molecule has 1 rings (SSSR count). The van der Waals surface area contributed by atoms with Crippen LogP contribution >= 0.6 is 11.6 Å². The summed E-state index contributed by atoms with van der Waals surface area (Å²) in [6.45, 7) is 5.51. The Morgan fingerprint density at radius 3 is 2.36 bits per heavy atom. The van der Waals surface area contributed by atoms with E-state index in [4.69, 9.17) is 21.1 Å². The molecule has 7 heteroatoms. The monoisotopic (exact) mass is 326 g/mol. The molecule has 1 N–H and O–H groups in total. The van der Waals surface area contributed by atoms with Gasteiger partial charge < -0.3 is 14.8 Å². The number of hydrogen-bond acceptors (Lipinski definition) is 6. The molecule has 0 fully saturated rings. The highest BCUT2D eigenvalue weighted by Gasteiger charge is 2.26. The third kappa shape index (κ3) is 5.37. The topological polar surface area (TPSA) is 77.5 Å². The number of hydrogen-bond donors (Lipinski definition) is 1. The van der Waals surface area contributed by atoms with Gasteiger partial charge in [0.15, 0.2) is 5.92 Å². The van der Waals surface area contributed by atoms with Gasteiger partial charge in [0.2, 0.25) is 0 Å². The quantitative estimate of drug-likeness (QED) is 0.471. The molecule has 0 unspecified atom stereocenters. The molecule has 22 heavy (non-hydrogen) atoms. The lowest BCUT2D eigenvalue weighted by atomic mass is 10.1. The van der Waals surface area contributed by atoms with E-state index in [1.54, 1.807) is 32.9 Å². The van der Waals surface area contributed by atoms with Gasteiger partial charge in [-0.15, -0.1) is 0 Å². The van der Waals surface area contributed by atoms with E-state index in [0.717, 1.165) is 0 Å². The number of esters is 2. The summed E-state index contributed by atoms with van der Waals surface area (Å²) in [5.41, 5.74) is 1.41. The molecule has 0 spiro atoms. The maximum atomic E-state index is 11.8. The molecule has 1 heterocycles. The van der Waals surface area contributed by atoms with E-state index in [1.165, 1.54) is 12.3 Å². The lowest BCUT2D eigenvalue weighted by Gasteiger charge is -2.11. The minimum Gasteiger partial charge on any atom is -0.465 e. The number of nitrogens with one attached hydrogen (secondary N) is 1. The standard InChI is InChI=1S/C15H19ClN2O4/c1-4-21-14(19)11(15(20)22-5-2)8-9-17-12-6-7-13(16)18-10(12)3/h6-9,11,17H,4-5H2,1-3H3/b9-8+. The predicted octanol–water partition coefficient (Wildman–Crippen LogP) is 2.71. The molecule has 0 amide bonds. The van der Waals surface area contributed by atoms with Gasteiger partial charge in [-0.05, 0) is 45.2 Å². The molecule has 0 aliphatic rings. The maximum Gasteiger partial charge on any atom is 0.324 e. The number of carbonyl (C=O) groups is 2. The van der Waals surface area contributed by atoms with Crippen molar-refractivity contribution in [2.24, 2.45) is 5.92 Å². The molecular weight excluding hydrogens is 308 g/mol. The van der Waals surface area contributed by atoms with Crippen molar-refractivity contribution in [3.05, 3.63) is 35.3 Å². The summed E-state index contributed by atoms with van der Waals surface area (Å²) in [6, 6.07) is 3.39. The molecule has 0 radical (unpaired) electrons. The van der Waals surface area contributed by atoms with Crippen molar-refractivity contribution < 1.29 is 19.1 Å². The highest BCUT2D eigenvalue weighted by molar-refractivity contribution is 6.29. The smallest absolute Gasteiger partial charge is 0.324 e. The number of pyridine rings is 1. The number of halogens is 1. The van der Waals surface area contributed by atoms with Crippen molar-refractivity contribution in [2.75, 3.05) is 18.5 Å². The van der Waals surface area contributed by atoms with Crippen LogP contribution < -0.4 is 5.32 Å². The molecule has 0 saturated carbocycles. The molecule has 6 nitrogen and oxygen atoms in total. The Kier molecular flexibility index (Phi) is 7.39. The van der Waals surface area contributed by atoms with Gasteiger partial charge in [-0.3, -0.25) is 9.59 Å². The van der Waals surface area contributed by atoms with Crippen LogP contribution in [0.3, 0.4) is 0 Å². The van der Waals surface area contributed by atoms with E-state index in [2.05, 4.69) is 10.3 Å². The van der Waals surface area contributed by atoms with Gasteiger partial charge in [0.05, 0.1) is 24.6 Å². The average Bonchev–Trinajstić information content (AvgIpc) is 2.45. The molecular formula is C15H19ClN2O4. The van der Waals surface area contributed by atoms with Crippen LogP contribution in [0, 0.1) is 12.8 Å². The van der Waals surface area contributed by atoms with Crippen molar-refractivity contribution in [3.63, 3.8) is 0 Å². The summed E-state index contributed by atoms with van der Waals surface area (Å²) in [4.78, 5) is 27.6. The van der Waals surface area contributed by atoms with Crippen LogP contribution in [0.25, 0.3) is 0 Å². The van der Waals surface area contributed by atoms with Crippen molar-refractivity contribution in [1.29, 1.82) is 0 Å². The lowest BCUT2D eigenvalue weighted by Crippen LogP contribution is -2.26. The van der Waals surface area contributed by atoms with E-state index in [0.29, 0.717) is 16.5 Å². The van der Waals surface area contributed by atoms with Crippen LogP contribution in [0.4, 0.5) is 5.69 Å². The SMILES string of the molecule is CCOC(=O)C(/C=C/Nc1ccc(Cl)nc1C)C(=O)OCC. The molecule has 0 bridgehead atoms. The van der Waals surface area contributed by atoms with Crippen molar-refractivity contribution in [2.45, 2.75) is 20.8 Å². The van der Waals surface area contributed by atoms with Gasteiger partial charge in [-0.25, -0.2) is 4.98 Å². The van der Waals surface area contributed by atoms with Gasteiger partial charge in [0.25, 0.3) is 0 Å². The third-order valence-corrected chi connectivity index (χ3v) is 2.87. The molecule has 1 aromatic heterocycles. The van der Waals surface area contributed by atoms with E-state index in [-0.39, 0.29) is 13.2 Å². The number of carbonyl (C=O) groups excluding carboxylic acids is 2. The van der Waals surface area contributed by atoms with E-state index in [9.17, 15) is 9.59 Å². The molecule has 0 atom stereocenters. The average molecular weight is 327 g/mol. The summed E-state index contributed by atoms with van der Waals surface area (Å²) < 4.78 is 9.73. The maximum absolute atomic E-state index is 11.8. The first kappa shape index (κ1) is 18.0. The number of aromatic nitrogens is 1. The van der Waals surface area contributed by atoms with E-state index >= 15 is 0 Å². The Hall–Kier alpha value is -2.08. The van der Waals surface area contributed by atoms with E-state index in [1.807, 2.05) is 0 Å². The molecule has 1 aromatic rings. The Morgan fingerprint density at radius 2 is 1.86 bits per heavy atom. The predicted molar refractivity (Wildman–Crippen MR) is 83.5 cm³/mol. The highest BCUT2D eigenvalue weighted by atomic mass is 35.5. The number of nitrogens with zero attached hydrogens (tertiary/aromatic N) is 1.